The van der Waals surface area contributed by atoms with E-state index in [0.29, 0.717) is 17.3 Å². The van der Waals surface area contributed by atoms with Crippen molar-refractivity contribution in [2.45, 2.75) is 13.5 Å². The number of para-hydroxylation sites is 1. The van der Waals surface area contributed by atoms with Gasteiger partial charge >= 0.3 is 0 Å². The number of thioether (sulfide) groups is 1. The van der Waals surface area contributed by atoms with E-state index in [4.69, 9.17) is 4.74 Å². The van der Waals surface area contributed by atoms with E-state index in [0.717, 1.165) is 22.9 Å². The molecule has 0 saturated carbocycles. The van der Waals surface area contributed by atoms with E-state index in [1.54, 1.807) is 6.08 Å². The van der Waals surface area contributed by atoms with Crippen LogP contribution in [0.2, 0.25) is 0 Å². The third-order valence-electron chi connectivity index (χ3n) is 3.56. The van der Waals surface area contributed by atoms with Crippen LogP contribution in [0.25, 0.3) is 6.08 Å². The first-order chi connectivity index (χ1) is 11.7. The predicted octanol–water partition coefficient (Wildman–Crippen LogP) is 4.32. The van der Waals surface area contributed by atoms with E-state index in [2.05, 4.69) is 0 Å². The Kier molecular flexibility index (Phi) is 5.01. The molecule has 3 rings (SSSR count). The number of nitrogens with zero attached hydrogens (tertiary/aromatic N) is 1. The van der Waals surface area contributed by atoms with Crippen molar-refractivity contribution in [3.8, 4) is 5.75 Å². The molecule has 0 bridgehead atoms. The zero-order chi connectivity index (χ0) is 16.9. The SMILES string of the molecule is CCOc1ccccc1/C=C1\SC(=O)N(Cc2ccccc2)C1=O. The van der Waals surface area contributed by atoms with Gasteiger partial charge in [0.05, 0.1) is 18.1 Å². The summed E-state index contributed by atoms with van der Waals surface area (Å²) in [5, 5.41) is -0.246. The molecule has 0 spiro atoms. The van der Waals surface area contributed by atoms with Crippen molar-refractivity contribution in [2.75, 3.05) is 6.61 Å². The Morgan fingerprint density at radius 3 is 2.50 bits per heavy atom. The van der Waals surface area contributed by atoms with Gasteiger partial charge in [0, 0.05) is 5.56 Å². The molecule has 2 amide bonds. The van der Waals surface area contributed by atoms with E-state index in [-0.39, 0.29) is 17.7 Å². The topological polar surface area (TPSA) is 46.6 Å². The normalized spacial score (nSPS) is 16.0. The van der Waals surface area contributed by atoms with Crippen LogP contribution in [0, 0.1) is 0 Å². The van der Waals surface area contributed by atoms with Gasteiger partial charge in [-0.15, -0.1) is 0 Å². The summed E-state index contributed by atoms with van der Waals surface area (Å²) in [5.74, 6) is 0.440. The predicted molar refractivity (Wildman–Crippen MR) is 95.6 cm³/mol. The van der Waals surface area contributed by atoms with Crippen LogP contribution in [-0.4, -0.2) is 22.7 Å². The quantitative estimate of drug-likeness (QED) is 0.761. The van der Waals surface area contributed by atoms with Crippen LogP contribution < -0.4 is 4.74 Å². The molecule has 0 aliphatic carbocycles. The summed E-state index contributed by atoms with van der Waals surface area (Å²) in [6.07, 6.45) is 1.72. The number of ether oxygens (including phenoxy) is 1. The van der Waals surface area contributed by atoms with Crippen molar-refractivity contribution in [1.82, 2.24) is 4.90 Å². The average molecular weight is 339 g/mol. The van der Waals surface area contributed by atoms with Crippen molar-refractivity contribution in [2.24, 2.45) is 0 Å². The third-order valence-corrected chi connectivity index (χ3v) is 4.47. The van der Waals surface area contributed by atoms with Crippen molar-refractivity contribution in [1.29, 1.82) is 0 Å². The zero-order valence-corrected chi connectivity index (χ0v) is 14.1. The van der Waals surface area contributed by atoms with Gasteiger partial charge in [-0.2, -0.15) is 0 Å². The summed E-state index contributed by atoms with van der Waals surface area (Å²) in [6.45, 7) is 2.74. The minimum atomic E-state index is -0.264. The Morgan fingerprint density at radius 1 is 1.04 bits per heavy atom. The van der Waals surface area contributed by atoms with Gasteiger partial charge in [-0.3, -0.25) is 14.5 Å². The number of imide groups is 1. The van der Waals surface area contributed by atoms with Gasteiger partial charge in [0.25, 0.3) is 11.1 Å². The smallest absolute Gasteiger partial charge is 0.293 e. The van der Waals surface area contributed by atoms with E-state index in [9.17, 15) is 9.59 Å². The molecule has 0 N–H and O–H groups in total. The summed E-state index contributed by atoms with van der Waals surface area (Å²) < 4.78 is 5.57. The van der Waals surface area contributed by atoms with Crippen LogP contribution in [0.5, 0.6) is 5.75 Å². The van der Waals surface area contributed by atoms with Gasteiger partial charge in [-0.05, 0) is 36.4 Å². The second-order valence-corrected chi connectivity index (χ2v) is 6.22. The molecule has 5 heteroatoms. The highest BCUT2D eigenvalue weighted by atomic mass is 32.2. The fourth-order valence-corrected chi connectivity index (χ4v) is 3.26. The Hall–Kier alpha value is -2.53. The molecule has 0 atom stereocenters. The number of carbonyl (C=O) groups is 2. The fraction of sp³-hybridized carbons (Fsp3) is 0.158. The molecule has 2 aromatic carbocycles. The number of carbonyl (C=O) groups excluding carboxylic acids is 2. The summed E-state index contributed by atoms with van der Waals surface area (Å²) in [7, 11) is 0. The largest absolute Gasteiger partial charge is 0.493 e. The zero-order valence-electron chi connectivity index (χ0n) is 13.3. The van der Waals surface area contributed by atoms with Gasteiger partial charge in [-0.25, -0.2) is 0 Å². The molecule has 0 unspecified atom stereocenters. The third kappa shape index (κ3) is 3.51. The van der Waals surface area contributed by atoms with Crippen LogP contribution in [0.1, 0.15) is 18.1 Å². The maximum Gasteiger partial charge on any atom is 0.293 e. The Bertz CT molecular complexity index is 786. The molecule has 24 heavy (non-hydrogen) atoms. The maximum atomic E-state index is 12.6. The van der Waals surface area contributed by atoms with Crippen LogP contribution in [0.15, 0.2) is 59.5 Å². The number of amides is 2. The molecule has 1 fully saturated rings. The molecule has 1 aliphatic rings. The fourth-order valence-electron chi connectivity index (χ4n) is 2.43. The van der Waals surface area contributed by atoms with Gasteiger partial charge in [-0.1, -0.05) is 48.5 Å². The maximum absolute atomic E-state index is 12.6. The molecule has 122 valence electrons. The first-order valence-corrected chi connectivity index (χ1v) is 8.52. The number of benzene rings is 2. The van der Waals surface area contributed by atoms with Crippen LogP contribution in [-0.2, 0) is 11.3 Å². The highest BCUT2D eigenvalue weighted by molar-refractivity contribution is 8.18. The summed E-state index contributed by atoms with van der Waals surface area (Å²) in [4.78, 5) is 26.5. The van der Waals surface area contributed by atoms with Crippen molar-refractivity contribution in [3.63, 3.8) is 0 Å². The van der Waals surface area contributed by atoms with Crippen LogP contribution in [0.3, 0.4) is 0 Å². The second-order valence-electron chi connectivity index (χ2n) is 5.22. The van der Waals surface area contributed by atoms with Crippen LogP contribution >= 0.6 is 11.8 Å². The Labute approximate surface area is 145 Å². The van der Waals surface area contributed by atoms with Crippen molar-refractivity contribution < 1.29 is 14.3 Å². The van der Waals surface area contributed by atoms with Crippen LogP contribution in [0.4, 0.5) is 4.79 Å². The highest BCUT2D eigenvalue weighted by Gasteiger charge is 2.35. The van der Waals surface area contributed by atoms with E-state index >= 15 is 0 Å². The lowest BCUT2D eigenvalue weighted by Crippen LogP contribution is -2.27. The molecular formula is C19H17NO3S. The van der Waals surface area contributed by atoms with E-state index in [1.807, 2.05) is 61.5 Å². The minimum Gasteiger partial charge on any atom is -0.493 e. The summed E-state index contributed by atoms with van der Waals surface area (Å²) >= 11 is 0.966. The average Bonchev–Trinajstić information content (AvgIpc) is 2.85. The number of hydrogen-bond acceptors (Lipinski definition) is 4. The lowest BCUT2D eigenvalue weighted by Gasteiger charge is -2.12. The van der Waals surface area contributed by atoms with Gasteiger partial charge in [0.15, 0.2) is 0 Å². The summed E-state index contributed by atoms with van der Waals surface area (Å²) in [6, 6.07) is 17.0. The second kappa shape index (κ2) is 7.36. The molecular weight excluding hydrogens is 322 g/mol. The van der Waals surface area contributed by atoms with Gasteiger partial charge < -0.3 is 4.74 Å². The first-order valence-electron chi connectivity index (χ1n) is 7.70. The molecule has 0 radical (unpaired) electrons. The van der Waals surface area contributed by atoms with Gasteiger partial charge in [0.2, 0.25) is 0 Å². The lowest BCUT2D eigenvalue weighted by atomic mass is 10.1. The monoisotopic (exact) mass is 339 g/mol. The molecule has 1 aliphatic heterocycles. The van der Waals surface area contributed by atoms with Gasteiger partial charge in [0.1, 0.15) is 5.75 Å². The molecule has 2 aromatic rings. The van der Waals surface area contributed by atoms with Crippen molar-refractivity contribution >= 4 is 29.0 Å². The summed E-state index contributed by atoms with van der Waals surface area (Å²) in [5.41, 5.74) is 1.72. The van der Waals surface area contributed by atoms with E-state index < -0.39 is 0 Å². The number of hydrogen-bond donors (Lipinski definition) is 0. The minimum absolute atomic E-state index is 0.246. The molecule has 4 nitrogen and oxygen atoms in total. The molecule has 0 aromatic heterocycles. The lowest BCUT2D eigenvalue weighted by molar-refractivity contribution is -0.123. The van der Waals surface area contributed by atoms with E-state index in [1.165, 1.54) is 4.90 Å². The Balaban J connectivity index is 1.83. The first kappa shape index (κ1) is 16.3. The highest BCUT2D eigenvalue weighted by Crippen LogP contribution is 2.34. The molecule has 1 heterocycles. The molecule has 1 saturated heterocycles. The number of rotatable bonds is 5. The standard InChI is InChI=1S/C19H17NO3S/c1-2-23-16-11-7-6-10-15(16)12-17-18(21)20(19(22)24-17)13-14-8-4-3-5-9-14/h3-12H,2,13H2,1H3/b17-12-. The van der Waals surface area contributed by atoms with Crippen molar-refractivity contribution in [3.05, 3.63) is 70.6 Å². The Morgan fingerprint density at radius 2 is 1.75 bits per heavy atom.